The average molecular weight is 837 g/mol. The summed E-state index contributed by atoms with van der Waals surface area (Å²) in [4.78, 5) is 10.5. The first kappa shape index (κ1) is 37.0. The van der Waals surface area contributed by atoms with Crippen LogP contribution >= 0.6 is 0 Å². The Morgan fingerprint density at radius 3 is 1.35 bits per heavy atom. The lowest BCUT2D eigenvalue weighted by Gasteiger charge is -2.17. The number of hydrogen-bond donors (Lipinski definition) is 0. The standard InChI is InChI=1S/C64H40N2/c1-3-19-49-45(15-1)47-17-5-7-21-51(47)59-35-42(30-32-54(49)59)57-37-61-58(40-28-26-39(27-29-40)44-25-11-13-41-14-12-34-65-63(41)44)38-62(66-64(61)56-24-10-9-23-53(56)57)43-31-33-55-50-20-4-2-16-46(50)48-18-6-8-22-52(48)60(55)36-43/h1-8,11-38H,9-10H2. The molecule has 2 heterocycles. The number of fused-ring (bicyclic) bond motifs is 16. The van der Waals surface area contributed by atoms with E-state index in [4.69, 9.17) is 9.97 Å². The molecule has 11 aromatic carbocycles. The van der Waals surface area contributed by atoms with Crippen LogP contribution in [0.4, 0.5) is 0 Å². The maximum Gasteiger partial charge on any atom is 0.0791 e. The van der Waals surface area contributed by atoms with E-state index in [9.17, 15) is 0 Å². The zero-order chi connectivity index (χ0) is 43.3. The second-order valence-corrected chi connectivity index (χ2v) is 17.8. The molecule has 0 amide bonds. The van der Waals surface area contributed by atoms with Crippen molar-refractivity contribution in [3.63, 3.8) is 0 Å². The summed E-state index contributed by atoms with van der Waals surface area (Å²) in [5, 5.41) is 20.1. The quantitative estimate of drug-likeness (QED) is 0.165. The van der Waals surface area contributed by atoms with Crippen LogP contribution in [-0.4, -0.2) is 9.97 Å². The van der Waals surface area contributed by atoms with E-state index >= 15 is 0 Å². The summed E-state index contributed by atoms with van der Waals surface area (Å²) in [5.41, 5.74) is 11.2. The normalized spacial score (nSPS) is 12.7. The lowest BCUT2D eigenvalue weighted by Crippen LogP contribution is -2.30. The van der Waals surface area contributed by atoms with Gasteiger partial charge in [0.25, 0.3) is 0 Å². The number of para-hydroxylation sites is 1. The average Bonchev–Trinajstić information content (AvgIpc) is 3.40. The summed E-state index contributed by atoms with van der Waals surface area (Å²) in [6, 6.07) is 73.9. The number of hydrogen-bond acceptors (Lipinski definition) is 2. The van der Waals surface area contributed by atoms with Crippen LogP contribution in [0.3, 0.4) is 0 Å². The predicted octanol–water partition coefficient (Wildman–Crippen LogP) is 15.7. The highest BCUT2D eigenvalue weighted by Gasteiger charge is 2.19. The van der Waals surface area contributed by atoms with E-state index in [-0.39, 0.29) is 0 Å². The van der Waals surface area contributed by atoms with Gasteiger partial charge in [0.2, 0.25) is 0 Å². The molecule has 2 nitrogen and oxygen atoms in total. The summed E-state index contributed by atoms with van der Waals surface area (Å²) in [6.07, 6.45) is 8.73. The second-order valence-electron chi connectivity index (χ2n) is 17.8. The molecule has 0 N–H and O–H groups in total. The third-order valence-corrected chi connectivity index (χ3v) is 14.3. The molecular weight excluding hydrogens is 797 g/mol. The highest BCUT2D eigenvalue weighted by atomic mass is 14.7. The Bertz CT molecular complexity index is 4260. The van der Waals surface area contributed by atoms with Crippen molar-refractivity contribution in [2.24, 2.45) is 0 Å². The van der Waals surface area contributed by atoms with Crippen LogP contribution in [0.1, 0.15) is 12.8 Å². The van der Waals surface area contributed by atoms with Crippen molar-refractivity contribution < 1.29 is 0 Å². The molecule has 66 heavy (non-hydrogen) atoms. The molecule has 2 aromatic heterocycles. The van der Waals surface area contributed by atoms with Crippen molar-refractivity contribution in [3.8, 4) is 44.6 Å². The zero-order valence-corrected chi connectivity index (χ0v) is 36.1. The predicted molar refractivity (Wildman–Crippen MR) is 281 cm³/mol. The SMILES string of the molecule is C1=c2c(-c3ccc4c5ccccc5c5ccccc5c4c3)cc3c(-c4ccc(-c5cccc6cccnc56)cc4)cc(-c4ccc5c6ccccc6c6ccccc6c5c4)nc3c2=CCC1. The monoisotopic (exact) mass is 836 g/mol. The molecule has 13 aromatic rings. The topological polar surface area (TPSA) is 25.8 Å². The first-order valence-electron chi connectivity index (χ1n) is 23.0. The van der Waals surface area contributed by atoms with Crippen molar-refractivity contribution in [3.05, 3.63) is 217 Å². The Labute approximate surface area is 381 Å². The van der Waals surface area contributed by atoms with E-state index in [0.717, 1.165) is 62.6 Å². The molecule has 0 fully saturated rings. The Balaban J connectivity index is 1.03. The van der Waals surface area contributed by atoms with E-state index in [1.54, 1.807) is 0 Å². The van der Waals surface area contributed by atoms with Gasteiger partial charge < -0.3 is 0 Å². The largest absolute Gasteiger partial charge is 0.256 e. The molecule has 0 bridgehead atoms. The van der Waals surface area contributed by atoms with Gasteiger partial charge in [0.1, 0.15) is 0 Å². The van der Waals surface area contributed by atoms with Crippen molar-refractivity contribution in [2.75, 3.05) is 0 Å². The molecule has 0 aliphatic heterocycles. The van der Waals surface area contributed by atoms with Crippen LogP contribution in [0.15, 0.2) is 206 Å². The van der Waals surface area contributed by atoms with Crippen LogP contribution < -0.4 is 10.4 Å². The first-order valence-corrected chi connectivity index (χ1v) is 23.0. The molecule has 0 spiro atoms. The van der Waals surface area contributed by atoms with Crippen molar-refractivity contribution in [1.82, 2.24) is 9.97 Å². The van der Waals surface area contributed by atoms with Gasteiger partial charge in [0.15, 0.2) is 0 Å². The third-order valence-electron chi connectivity index (χ3n) is 14.3. The highest BCUT2D eigenvalue weighted by molar-refractivity contribution is 6.27. The summed E-state index contributed by atoms with van der Waals surface area (Å²) < 4.78 is 0. The van der Waals surface area contributed by atoms with Crippen LogP contribution in [0.2, 0.25) is 0 Å². The fraction of sp³-hybridized carbons (Fsp3) is 0.0312. The van der Waals surface area contributed by atoms with Gasteiger partial charge in [-0.15, -0.1) is 0 Å². The van der Waals surface area contributed by atoms with Gasteiger partial charge in [-0.2, -0.15) is 0 Å². The first-order chi connectivity index (χ1) is 32.7. The maximum absolute atomic E-state index is 5.69. The highest BCUT2D eigenvalue weighted by Crippen LogP contribution is 2.41. The van der Waals surface area contributed by atoms with Crippen LogP contribution in [0, 0.1) is 0 Å². The van der Waals surface area contributed by atoms with Gasteiger partial charge >= 0.3 is 0 Å². The summed E-state index contributed by atoms with van der Waals surface area (Å²) in [5.74, 6) is 0. The Kier molecular flexibility index (Phi) is 8.14. The Morgan fingerprint density at radius 1 is 0.288 bits per heavy atom. The number of pyridine rings is 2. The smallest absolute Gasteiger partial charge is 0.0791 e. The number of rotatable bonds is 4. The summed E-state index contributed by atoms with van der Waals surface area (Å²) in [7, 11) is 0. The van der Waals surface area contributed by atoms with Gasteiger partial charge in [-0.1, -0.05) is 182 Å². The van der Waals surface area contributed by atoms with Crippen molar-refractivity contribution >= 4 is 98.6 Å². The molecule has 306 valence electrons. The van der Waals surface area contributed by atoms with Crippen molar-refractivity contribution in [2.45, 2.75) is 12.8 Å². The van der Waals surface area contributed by atoms with Gasteiger partial charge in [-0.25, -0.2) is 4.98 Å². The molecular formula is C64H40N2. The van der Waals surface area contributed by atoms with E-state index in [1.807, 2.05) is 12.3 Å². The molecule has 0 unspecified atom stereocenters. The van der Waals surface area contributed by atoms with Gasteiger partial charge in [-0.05, 0) is 141 Å². The Morgan fingerprint density at radius 2 is 0.758 bits per heavy atom. The maximum atomic E-state index is 5.69. The number of aromatic nitrogens is 2. The molecule has 2 heteroatoms. The van der Waals surface area contributed by atoms with E-state index in [2.05, 4.69) is 206 Å². The van der Waals surface area contributed by atoms with Crippen LogP contribution in [0.25, 0.3) is 143 Å². The molecule has 1 aliphatic rings. The molecule has 1 aliphatic carbocycles. The van der Waals surface area contributed by atoms with Crippen LogP contribution in [0.5, 0.6) is 0 Å². The lowest BCUT2D eigenvalue weighted by atomic mass is 9.88. The number of nitrogens with zero attached hydrogens (tertiary/aromatic N) is 2. The third kappa shape index (κ3) is 5.61. The van der Waals surface area contributed by atoms with Crippen LogP contribution in [-0.2, 0) is 0 Å². The van der Waals surface area contributed by atoms with Crippen molar-refractivity contribution in [1.29, 1.82) is 0 Å². The zero-order valence-electron chi connectivity index (χ0n) is 36.1. The molecule has 0 saturated carbocycles. The van der Waals surface area contributed by atoms with Gasteiger partial charge in [-0.3, -0.25) is 4.98 Å². The molecule has 14 rings (SSSR count). The van der Waals surface area contributed by atoms with E-state index in [1.165, 1.54) is 91.8 Å². The second kappa shape index (κ2) is 14.5. The van der Waals surface area contributed by atoms with Gasteiger partial charge in [0, 0.05) is 33.3 Å². The number of benzene rings is 11. The lowest BCUT2D eigenvalue weighted by molar-refractivity contribution is 1.12. The molecule has 0 saturated heterocycles. The minimum atomic E-state index is 0.969. The summed E-state index contributed by atoms with van der Waals surface area (Å²) in [6.45, 7) is 0. The van der Waals surface area contributed by atoms with Gasteiger partial charge in [0.05, 0.1) is 16.7 Å². The minimum absolute atomic E-state index is 0.969. The van der Waals surface area contributed by atoms with E-state index < -0.39 is 0 Å². The van der Waals surface area contributed by atoms with E-state index in [0.29, 0.717) is 0 Å². The molecule has 0 atom stereocenters. The minimum Gasteiger partial charge on any atom is -0.256 e. The molecule has 0 radical (unpaired) electrons. The fourth-order valence-corrected chi connectivity index (χ4v) is 11.2. The fourth-order valence-electron chi connectivity index (χ4n) is 11.2. The Hall–Kier alpha value is -8.46. The summed E-state index contributed by atoms with van der Waals surface area (Å²) >= 11 is 0.